The molecule has 0 aliphatic heterocycles. The van der Waals surface area contributed by atoms with Gasteiger partial charge in [0.1, 0.15) is 6.04 Å². The molecule has 0 bridgehead atoms. The molecule has 0 aliphatic rings. The minimum Gasteiger partial charge on any atom is -0.480 e. The van der Waals surface area contributed by atoms with Gasteiger partial charge in [0, 0.05) is 5.69 Å². The number of nitrogens with zero attached hydrogens (tertiary/aromatic N) is 2. The van der Waals surface area contributed by atoms with Crippen molar-refractivity contribution in [3.63, 3.8) is 0 Å². The molecular formula is C18H23N3O3. The monoisotopic (exact) mass is 329 g/mol. The Morgan fingerprint density at radius 3 is 2.42 bits per heavy atom. The molecule has 6 heteroatoms. The molecule has 0 radical (unpaired) electrons. The summed E-state index contributed by atoms with van der Waals surface area (Å²) >= 11 is 0. The maximum atomic E-state index is 12.4. The van der Waals surface area contributed by atoms with Crippen molar-refractivity contribution < 1.29 is 14.7 Å². The lowest BCUT2D eigenvalue weighted by atomic mass is 9.99. The summed E-state index contributed by atoms with van der Waals surface area (Å²) in [6.07, 6.45) is 0.661. The molecule has 0 spiro atoms. The minimum atomic E-state index is -1.03. The molecule has 0 fully saturated rings. The zero-order chi connectivity index (χ0) is 17.9. The van der Waals surface area contributed by atoms with E-state index in [-0.39, 0.29) is 11.6 Å². The lowest BCUT2D eigenvalue weighted by Gasteiger charge is -2.19. The first kappa shape index (κ1) is 17.7. The van der Waals surface area contributed by atoms with Gasteiger partial charge in [-0.25, -0.2) is 9.48 Å². The molecule has 0 aliphatic carbocycles. The predicted molar refractivity (Wildman–Crippen MR) is 91.4 cm³/mol. The third-order valence-electron chi connectivity index (χ3n) is 4.16. The topological polar surface area (TPSA) is 84.2 Å². The van der Waals surface area contributed by atoms with Crippen LogP contribution in [0.1, 0.15) is 42.0 Å². The maximum Gasteiger partial charge on any atom is 0.326 e. The third kappa shape index (κ3) is 3.82. The van der Waals surface area contributed by atoms with Crippen LogP contribution >= 0.6 is 0 Å². The van der Waals surface area contributed by atoms with Gasteiger partial charge in [-0.2, -0.15) is 5.10 Å². The van der Waals surface area contributed by atoms with Crippen LogP contribution in [0.2, 0.25) is 0 Å². The summed E-state index contributed by atoms with van der Waals surface area (Å²) in [7, 11) is 0. The summed E-state index contributed by atoms with van der Waals surface area (Å²) in [5.41, 5.74) is 3.01. The summed E-state index contributed by atoms with van der Waals surface area (Å²) in [5, 5.41) is 16.2. The van der Waals surface area contributed by atoms with E-state index >= 15 is 0 Å². The molecule has 0 saturated carbocycles. The summed E-state index contributed by atoms with van der Waals surface area (Å²) in [6, 6.07) is 8.53. The molecular weight excluding hydrogens is 306 g/mol. The molecule has 0 saturated heterocycles. The molecule has 2 unspecified atom stereocenters. The number of aryl methyl sites for hydroxylation is 2. The van der Waals surface area contributed by atoms with Gasteiger partial charge in [0.25, 0.3) is 5.91 Å². The van der Waals surface area contributed by atoms with E-state index < -0.39 is 17.9 Å². The van der Waals surface area contributed by atoms with E-state index in [1.807, 2.05) is 45.0 Å². The SMILES string of the molecule is CCC(C)C(NC(=O)c1cc(C)n(-c2ccc(C)cc2)n1)C(=O)O. The molecule has 1 amide bonds. The Morgan fingerprint density at radius 2 is 1.88 bits per heavy atom. The molecule has 6 nitrogen and oxygen atoms in total. The van der Waals surface area contributed by atoms with Crippen LogP contribution in [0.3, 0.4) is 0 Å². The molecule has 2 aromatic rings. The van der Waals surface area contributed by atoms with Crippen LogP contribution in [0.5, 0.6) is 0 Å². The lowest BCUT2D eigenvalue weighted by Crippen LogP contribution is -2.45. The number of nitrogens with one attached hydrogen (secondary N) is 1. The van der Waals surface area contributed by atoms with Gasteiger partial charge in [-0.3, -0.25) is 4.79 Å². The molecule has 1 heterocycles. The fourth-order valence-corrected chi connectivity index (χ4v) is 2.43. The molecule has 128 valence electrons. The second-order valence-corrected chi connectivity index (χ2v) is 6.09. The van der Waals surface area contributed by atoms with Crippen molar-refractivity contribution in [2.45, 2.75) is 40.2 Å². The fourth-order valence-electron chi connectivity index (χ4n) is 2.43. The summed E-state index contributed by atoms with van der Waals surface area (Å²) < 4.78 is 1.67. The number of benzene rings is 1. The molecule has 1 aromatic heterocycles. The highest BCUT2D eigenvalue weighted by Gasteiger charge is 2.26. The Bertz CT molecular complexity index is 734. The highest BCUT2D eigenvalue weighted by Crippen LogP contribution is 2.14. The molecule has 2 N–H and O–H groups in total. The van der Waals surface area contributed by atoms with Gasteiger partial charge < -0.3 is 10.4 Å². The van der Waals surface area contributed by atoms with E-state index in [2.05, 4.69) is 10.4 Å². The van der Waals surface area contributed by atoms with Crippen LogP contribution in [0.25, 0.3) is 5.69 Å². The zero-order valence-electron chi connectivity index (χ0n) is 14.4. The second kappa shape index (κ2) is 7.29. The van der Waals surface area contributed by atoms with Crippen molar-refractivity contribution in [2.24, 2.45) is 5.92 Å². The number of carbonyl (C=O) groups excluding carboxylic acids is 1. The number of carbonyl (C=O) groups is 2. The predicted octanol–water partition coefficient (Wildman–Crippen LogP) is 2.72. The number of aromatic nitrogens is 2. The van der Waals surface area contributed by atoms with E-state index in [1.165, 1.54) is 0 Å². The summed E-state index contributed by atoms with van der Waals surface area (Å²) in [4.78, 5) is 23.7. The Labute approximate surface area is 141 Å². The third-order valence-corrected chi connectivity index (χ3v) is 4.16. The Morgan fingerprint density at radius 1 is 1.25 bits per heavy atom. The number of hydrogen-bond acceptors (Lipinski definition) is 3. The van der Waals surface area contributed by atoms with Gasteiger partial charge in [0.2, 0.25) is 0 Å². The largest absolute Gasteiger partial charge is 0.480 e. The quantitative estimate of drug-likeness (QED) is 0.853. The van der Waals surface area contributed by atoms with Gasteiger partial charge in [-0.15, -0.1) is 0 Å². The van der Waals surface area contributed by atoms with Crippen LogP contribution in [-0.4, -0.2) is 32.8 Å². The van der Waals surface area contributed by atoms with Crippen LogP contribution in [0.15, 0.2) is 30.3 Å². The average Bonchev–Trinajstić information content (AvgIpc) is 2.94. The van der Waals surface area contributed by atoms with Crippen molar-refractivity contribution in [1.82, 2.24) is 15.1 Å². The van der Waals surface area contributed by atoms with Gasteiger partial charge in [0.15, 0.2) is 5.69 Å². The fraction of sp³-hybridized carbons (Fsp3) is 0.389. The molecule has 2 rings (SSSR count). The van der Waals surface area contributed by atoms with Crippen LogP contribution in [0.4, 0.5) is 0 Å². The lowest BCUT2D eigenvalue weighted by molar-refractivity contribution is -0.140. The van der Waals surface area contributed by atoms with Crippen LogP contribution in [-0.2, 0) is 4.79 Å². The number of carboxylic acid groups (broad SMARTS) is 1. The second-order valence-electron chi connectivity index (χ2n) is 6.09. The summed E-state index contributed by atoms with van der Waals surface area (Å²) in [6.45, 7) is 7.55. The smallest absolute Gasteiger partial charge is 0.326 e. The van der Waals surface area contributed by atoms with E-state index in [9.17, 15) is 14.7 Å². The normalized spacial score (nSPS) is 13.3. The highest BCUT2D eigenvalue weighted by atomic mass is 16.4. The van der Waals surface area contributed by atoms with E-state index in [4.69, 9.17) is 0 Å². The average molecular weight is 329 g/mol. The van der Waals surface area contributed by atoms with Crippen molar-refractivity contribution in [3.05, 3.63) is 47.3 Å². The number of carboxylic acids is 1. The number of hydrogen-bond donors (Lipinski definition) is 2. The van der Waals surface area contributed by atoms with E-state index in [1.54, 1.807) is 17.7 Å². The molecule has 2 atom stereocenters. The van der Waals surface area contributed by atoms with E-state index in [0.29, 0.717) is 6.42 Å². The zero-order valence-corrected chi connectivity index (χ0v) is 14.4. The first-order valence-electron chi connectivity index (χ1n) is 8.00. The molecule has 24 heavy (non-hydrogen) atoms. The van der Waals surface area contributed by atoms with Gasteiger partial charge >= 0.3 is 5.97 Å². The Balaban J connectivity index is 2.23. The van der Waals surface area contributed by atoms with E-state index in [0.717, 1.165) is 16.9 Å². The number of amides is 1. The number of rotatable bonds is 6. The van der Waals surface area contributed by atoms with Crippen molar-refractivity contribution in [3.8, 4) is 5.69 Å². The van der Waals surface area contributed by atoms with Crippen molar-refractivity contribution >= 4 is 11.9 Å². The number of aliphatic carboxylic acids is 1. The van der Waals surface area contributed by atoms with Gasteiger partial charge in [-0.05, 0) is 38.0 Å². The standard InChI is InChI=1S/C18H23N3O3/c1-5-12(3)16(18(23)24)19-17(22)15-10-13(4)21(20-15)14-8-6-11(2)7-9-14/h6-10,12,16H,5H2,1-4H3,(H,19,22)(H,23,24). The highest BCUT2D eigenvalue weighted by molar-refractivity contribution is 5.95. The first-order chi connectivity index (χ1) is 11.3. The van der Waals surface area contributed by atoms with Crippen molar-refractivity contribution in [1.29, 1.82) is 0 Å². The van der Waals surface area contributed by atoms with Gasteiger partial charge in [0.05, 0.1) is 5.69 Å². The van der Waals surface area contributed by atoms with Crippen molar-refractivity contribution in [2.75, 3.05) is 0 Å². The maximum absolute atomic E-state index is 12.4. The van der Waals surface area contributed by atoms with Crippen LogP contribution in [0, 0.1) is 19.8 Å². The Kier molecular flexibility index (Phi) is 5.39. The summed E-state index contributed by atoms with van der Waals surface area (Å²) in [5.74, 6) is -1.67. The minimum absolute atomic E-state index is 0.160. The first-order valence-corrected chi connectivity index (χ1v) is 8.00. The van der Waals surface area contributed by atoms with Gasteiger partial charge in [-0.1, -0.05) is 38.0 Å². The molecule has 1 aromatic carbocycles. The van der Waals surface area contributed by atoms with Crippen LogP contribution < -0.4 is 5.32 Å². The Hall–Kier alpha value is -2.63.